The number of alkyl halides is 3. The average molecular weight is 434 g/mol. The Morgan fingerprint density at radius 1 is 1.07 bits per heavy atom. The molecular weight excluding hydrogens is 413 g/mol. The molecule has 8 heteroatoms. The molecule has 0 unspecified atom stereocenters. The molecule has 0 aliphatic heterocycles. The number of aromatic nitrogens is 1. The van der Waals surface area contributed by atoms with Crippen LogP contribution >= 0.6 is 11.3 Å². The lowest BCUT2D eigenvalue weighted by Gasteiger charge is -2.13. The normalized spacial score (nSPS) is 11.5. The van der Waals surface area contributed by atoms with Crippen LogP contribution in [0.2, 0.25) is 0 Å². The van der Waals surface area contributed by atoms with Crippen molar-refractivity contribution in [1.29, 1.82) is 0 Å². The summed E-state index contributed by atoms with van der Waals surface area (Å²) in [6.07, 6.45) is -4.50. The zero-order chi connectivity index (χ0) is 22.1. The second kappa shape index (κ2) is 8.47. The van der Waals surface area contributed by atoms with Crippen LogP contribution in [0.5, 0.6) is 0 Å². The molecule has 0 bridgehead atoms. The summed E-state index contributed by atoms with van der Waals surface area (Å²) in [6.45, 7) is 5.65. The molecule has 0 aliphatic rings. The molecule has 3 aromatic rings. The first-order valence-electron chi connectivity index (χ1n) is 9.27. The lowest BCUT2D eigenvalue weighted by atomic mass is 10.1. The Morgan fingerprint density at radius 3 is 2.33 bits per heavy atom. The van der Waals surface area contributed by atoms with Gasteiger partial charge in [-0.05, 0) is 38.0 Å². The Morgan fingerprint density at radius 2 is 1.70 bits per heavy atom. The van der Waals surface area contributed by atoms with E-state index in [1.54, 1.807) is 6.92 Å². The molecule has 0 fully saturated rings. The fourth-order valence-corrected chi connectivity index (χ4v) is 4.33. The third kappa shape index (κ3) is 4.81. The SMILES string of the molecule is Cc1cc(C)cc(Cn2c(C)c(C(=O)NCc3ccccc3C(F)(F)F)sc2=O)c1. The predicted molar refractivity (Wildman–Crippen MR) is 111 cm³/mol. The molecule has 0 atom stereocenters. The topological polar surface area (TPSA) is 51.1 Å². The van der Waals surface area contributed by atoms with Gasteiger partial charge in [0.25, 0.3) is 5.91 Å². The third-order valence-corrected chi connectivity index (χ3v) is 5.81. The van der Waals surface area contributed by atoms with Crippen LogP contribution in [0.15, 0.2) is 47.3 Å². The lowest BCUT2D eigenvalue weighted by Crippen LogP contribution is -2.24. The first-order valence-corrected chi connectivity index (χ1v) is 10.1. The van der Waals surface area contributed by atoms with Crippen LogP contribution < -0.4 is 10.2 Å². The first kappa shape index (κ1) is 21.8. The third-order valence-electron chi connectivity index (χ3n) is 4.73. The van der Waals surface area contributed by atoms with Crippen LogP contribution in [0.4, 0.5) is 13.2 Å². The number of carbonyl (C=O) groups excluding carboxylic acids is 1. The minimum atomic E-state index is -4.50. The number of aryl methyl sites for hydroxylation is 2. The Balaban J connectivity index is 1.80. The Kier molecular flexibility index (Phi) is 6.17. The van der Waals surface area contributed by atoms with Gasteiger partial charge in [-0.25, -0.2) is 0 Å². The monoisotopic (exact) mass is 434 g/mol. The van der Waals surface area contributed by atoms with E-state index in [-0.39, 0.29) is 21.9 Å². The molecule has 30 heavy (non-hydrogen) atoms. The zero-order valence-electron chi connectivity index (χ0n) is 16.8. The van der Waals surface area contributed by atoms with E-state index in [9.17, 15) is 22.8 Å². The largest absolute Gasteiger partial charge is 0.416 e. The lowest BCUT2D eigenvalue weighted by molar-refractivity contribution is -0.138. The maximum Gasteiger partial charge on any atom is 0.416 e. The van der Waals surface area contributed by atoms with E-state index in [1.807, 2.05) is 32.0 Å². The number of amides is 1. The van der Waals surface area contributed by atoms with Crippen molar-refractivity contribution in [1.82, 2.24) is 9.88 Å². The van der Waals surface area contributed by atoms with Crippen LogP contribution in [0, 0.1) is 20.8 Å². The maximum absolute atomic E-state index is 13.1. The van der Waals surface area contributed by atoms with Gasteiger partial charge in [0.05, 0.1) is 12.1 Å². The second-order valence-corrected chi connectivity index (χ2v) is 8.16. The molecular formula is C22H21F3N2O2S. The molecule has 4 nitrogen and oxygen atoms in total. The quantitative estimate of drug-likeness (QED) is 0.625. The van der Waals surface area contributed by atoms with Gasteiger partial charge in [0.15, 0.2) is 0 Å². The van der Waals surface area contributed by atoms with Crippen molar-refractivity contribution in [3.8, 4) is 0 Å². The van der Waals surface area contributed by atoms with Gasteiger partial charge in [-0.3, -0.25) is 14.2 Å². The fraction of sp³-hybridized carbons (Fsp3) is 0.273. The van der Waals surface area contributed by atoms with E-state index in [0.717, 1.165) is 34.1 Å². The molecule has 2 aromatic carbocycles. The van der Waals surface area contributed by atoms with Crippen molar-refractivity contribution < 1.29 is 18.0 Å². The zero-order valence-corrected chi connectivity index (χ0v) is 17.6. The van der Waals surface area contributed by atoms with Gasteiger partial charge in [0.1, 0.15) is 4.88 Å². The van der Waals surface area contributed by atoms with Crippen LogP contribution in [0.25, 0.3) is 0 Å². The van der Waals surface area contributed by atoms with E-state index in [1.165, 1.54) is 22.8 Å². The summed E-state index contributed by atoms with van der Waals surface area (Å²) in [5.74, 6) is -0.564. The smallest absolute Gasteiger partial charge is 0.347 e. The van der Waals surface area contributed by atoms with Gasteiger partial charge in [-0.2, -0.15) is 13.2 Å². The van der Waals surface area contributed by atoms with Crippen molar-refractivity contribution in [2.45, 2.75) is 40.0 Å². The molecule has 1 N–H and O–H groups in total. The second-order valence-electron chi connectivity index (χ2n) is 7.20. The molecule has 1 heterocycles. The van der Waals surface area contributed by atoms with Gasteiger partial charge in [-0.15, -0.1) is 0 Å². The van der Waals surface area contributed by atoms with E-state index in [2.05, 4.69) is 5.32 Å². The molecule has 0 saturated heterocycles. The van der Waals surface area contributed by atoms with Gasteiger partial charge in [-0.1, -0.05) is 58.9 Å². The van der Waals surface area contributed by atoms with E-state index < -0.39 is 17.6 Å². The molecule has 158 valence electrons. The minimum absolute atomic E-state index is 0.0296. The van der Waals surface area contributed by atoms with Crippen molar-refractivity contribution in [2.24, 2.45) is 0 Å². The minimum Gasteiger partial charge on any atom is -0.347 e. The van der Waals surface area contributed by atoms with Crippen LogP contribution in [0.1, 0.15) is 43.2 Å². The Hall–Kier alpha value is -2.87. The maximum atomic E-state index is 13.1. The summed E-state index contributed by atoms with van der Waals surface area (Å²) in [6, 6.07) is 11.1. The van der Waals surface area contributed by atoms with Crippen molar-refractivity contribution in [2.75, 3.05) is 0 Å². The van der Waals surface area contributed by atoms with Crippen LogP contribution in [0.3, 0.4) is 0 Å². The summed E-state index contributed by atoms with van der Waals surface area (Å²) < 4.78 is 40.9. The Bertz CT molecular complexity index is 1130. The number of carbonyl (C=O) groups is 1. The number of thiazole rings is 1. The van der Waals surface area contributed by atoms with Crippen LogP contribution in [-0.2, 0) is 19.3 Å². The molecule has 0 radical (unpaired) electrons. The molecule has 1 aromatic heterocycles. The van der Waals surface area contributed by atoms with Crippen molar-refractivity contribution in [3.63, 3.8) is 0 Å². The summed E-state index contributed by atoms with van der Waals surface area (Å²) in [4.78, 5) is 25.0. The first-order chi connectivity index (χ1) is 14.1. The number of hydrogen-bond acceptors (Lipinski definition) is 3. The number of halogens is 3. The van der Waals surface area contributed by atoms with Crippen molar-refractivity contribution in [3.05, 3.63) is 90.5 Å². The highest BCUT2D eigenvalue weighted by Gasteiger charge is 2.33. The van der Waals surface area contributed by atoms with E-state index in [0.29, 0.717) is 12.2 Å². The molecule has 0 aliphatic carbocycles. The molecule has 3 rings (SSSR count). The number of nitrogens with one attached hydrogen (secondary N) is 1. The highest BCUT2D eigenvalue weighted by atomic mass is 32.1. The van der Waals surface area contributed by atoms with Gasteiger partial charge in [0.2, 0.25) is 0 Å². The van der Waals surface area contributed by atoms with Crippen LogP contribution in [-0.4, -0.2) is 10.5 Å². The molecule has 0 saturated carbocycles. The standard InChI is InChI=1S/C22H21F3N2O2S/c1-13-8-14(2)10-16(9-13)12-27-15(3)19(30-21(27)29)20(28)26-11-17-6-4-5-7-18(17)22(23,24)25/h4-10H,11-12H2,1-3H3,(H,26,28). The fourth-order valence-electron chi connectivity index (χ4n) is 3.42. The number of rotatable bonds is 5. The summed E-state index contributed by atoms with van der Waals surface area (Å²) in [7, 11) is 0. The molecule has 0 spiro atoms. The predicted octanol–water partition coefficient (Wildman–Crippen LogP) is 4.83. The Labute approximate surface area is 176 Å². The van der Waals surface area contributed by atoms with Gasteiger partial charge in [0, 0.05) is 12.2 Å². The highest BCUT2D eigenvalue weighted by molar-refractivity contribution is 7.11. The van der Waals surface area contributed by atoms with E-state index in [4.69, 9.17) is 0 Å². The van der Waals surface area contributed by atoms with Crippen molar-refractivity contribution >= 4 is 17.2 Å². The molecule has 1 amide bonds. The summed E-state index contributed by atoms with van der Waals surface area (Å²) in [5.41, 5.74) is 2.77. The number of hydrogen-bond donors (Lipinski definition) is 1. The average Bonchev–Trinajstić information content (AvgIpc) is 2.93. The highest BCUT2D eigenvalue weighted by Crippen LogP contribution is 2.31. The van der Waals surface area contributed by atoms with Gasteiger partial charge < -0.3 is 5.32 Å². The van der Waals surface area contributed by atoms with Gasteiger partial charge >= 0.3 is 11.0 Å². The summed E-state index contributed by atoms with van der Waals surface area (Å²) in [5, 5.41) is 2.51. The number of nitrogens with zero attached hydrogens (tertiary/aromatic N) is 1. The van der Waals surface area contributed by atoms with E-state index >= 15 is 0 Å². The number of benzene rings is 2. The summed E-state index contributed by atoms with van der Waals surface area (Å²) >= 11 is 0.795.